The molecule has 0 radical (unpaired) electrons. The number of rotatable bonds is 6. The van der Waals surface area contributed by atoms with Gasteiger partial charge < -0.3 is 10.1 Å². The maximum Gasteiger partial charge on any atom is 0.124 e. The summed E-state index contributed by atoms with van der Waals surface area (Å²) in [5.41, 5.74) is 2.88. The van der Waals surface area contributed by atoms with Gasteiger partial charge in [0.2, 0.25) is 0 Å². The first-order valence-electron chi connectivity index (χ1n) is 6.74. The summed E-state index contributed by atoms with van der Waals surface area (Å²) in [4.78, 5) is 0. The molecular formula is C17H18N2O. The minimum Gasteiger partial charge on any atom is -0.489 e. The normalized spacial score (nSPS) is 10.0. The van der Waals surface area contributed by atoms with Crippen LogP contribution in [0.15, 0.2) is 48.5 Å². The number of para-hydroxylation sites is 1. The molecule has 102 valence electrons. The molecule has 20 heavy (non-hydrogen) atoms. The zero-order chi connectivity index (χ0) is 14.2. The Morgan fingerprint density at radius 1 is 1.10 bits per heavy atom. The second-order valence-corrected chi connectivity index (χ2v) is 4.49. The van der Waals surface area contributed by atoms with Crippen LogP contribution in [0.3, 0.4) is 0 Å². The summed E-state index contributed by atoms with van der Waals surface area (Å²) in [6, 6.07) is 17.6. The van der Waals surface area contributed by atoms with Crippen LogP contribution in [0.5, 0.6) is 5.75 Å². The Kier molecular flexibility index (Phi) is 5.16. The van der Waals surface area contributed by atoms with Crippen LogP contribution in [0, 0.1) is 11.3 Å². The van der Waals surface area contributed by atoms with E-state index < -0.39 is 0 Å². The maximum absolute atomic E-state index is 8.77. The Morgan fingerprint density at radius 2 is 1.85 bits per heavy atom. The van der Waals surface area contributed by atoms with Gasteiger partial charge in [0.15, 0.2) is 0 Å². The molecule has 0 aliphatic rings. The van der Waals surface area contributed by atoms with Gasteiger partial charge in [0, 0.05) is 12.1 Å². The first kappa shape index (κ1) is 14.1. The molecule has 0 atom stereocenters. The summed E-state index contributed by atoms with van der Waals surface area (Å²) in [6.45, 7) is 4.33. The topological polar surface area (TPSA) is 45.0 Å². The Labute approximate surface area is 119 Å². The standard InChI is InChI=1S/C17H18N2O/c1-2-19-12-16-5-3-4-6-17(16)20-13-15-9-7-14(11-18)8-10-15/h3-10,19H,2,12-13H2,1H3. The van der Waals surface area contributed by atoms with E-state index in [1.54, 1.807) is 0 Å². The largest absolute Gasteiger partial charge is 0.489 e. The molecule has 0 aliphatic carbocycles. The van der Waals surface area contributed by atoms with Crippen LogP contribution >= 0.6 is 0 Å². The van der Waals surface area contributed by atoms with Crippen molar-refractivity contribution in [1.82, 2.24) is 5.32 Å². The van der Waals surface area contributed by atoms with Gasteiger partial charge in [0.25, 0.3) is 0 Å². The minimum absolute atomic E-state index is 0.509. The molecule has 0 saturated carbocycles. The smallest absolute Gasteiger partial charge is 0.124 e. The summed E-state index contributed by atoms with van der Waals surface area (Å²) in [5.74, 6) is 0.901. The van der Waals surface area contributed by atoms with Gasteiger partial charge in [-0.05, 0) is 30.3 Å². The third-order valence-electron chi connectivity index (χ3n) is 3.02. The van der Waals surface area contributed by atoms with E-state index in [1.807, 2.05) is 42.5 Å². The lowest BCUT2D eigenvalue weighted by Crippen LogP contribution is -2.12. The van der Waals surface area contributed by atoms with Gasteiger partial charge in [0.05, 0.1) is 11.6 Å². The number of nitrogens with zero attached hydrogens (tertiary/aromatic N) is 1. The molecule has 0 fully saturated rings. The van der Waals surface area contributed by atoms with Crippen molar-refractivity contribution >= 4 is 0 Å². The molecule has 0 spiro atoms. The van der Waals surface area contributed by atoms with Crippen molar-refractivity contribution in [3.8, 4) is 11.8 Å². The Bertz CT molecular complexity index is 585. The number of ether oxygens (including phenoxy) is 1. The first-order valence-corrected chi connectivity index (χ1v) is 6.74. The molecule has 0 heterocycles. The Hall–Kier alpha value is -2.31. The lowest BCUT2D eigenvalue weighted by atomic mass is 10.1. The summed E-state index contributed by atoms with van der Waals surface area (Å²) < 4.78 is 5.87. The van der Waals surface area contributed by atoms with Crippen LogP contribution in [0.1, 0.15) is 23.6 Å². The Morgan fingerprint density at radius 3 is 2.55 bits per heavy atom. The van der Waals surface area contributed by atoms with E-state index in [4.69, 9.17) is 10.00 Å². The highest BCUT2D eigenvalue weighted by Gasteiger charge is 2.03. The summed E-state index contributed by atoms with van der Waals surface area (Å²) >= 11 is 0. The highest BCUT2D eigenvalue weighted by Crippen LogP contribution is 2.19. The van der Waals surface area contributed by atoms with E-state index in [0.29, 0.717) is 12.2 Å². The van der Waals surface area contributed by atoms with Crippen molar-refractivity contribution in [1.29, 1.82) is 5.26 Å². The van der Waals surface area contributed by atoms with Gasteiger partial charge in [0.1, 0.15) is 12.4 Å². The van der Waals surface area contributed by atoms with E-state index in [0.717, 1.165) is 30.0 Å². The van der Waals surface area contributed by atoms with Crippen LogP contribution in [0.4, 0.5) is 0 Å². The quantitative estimate of drug-likeness (QED) is 0.873. The van der Waals surface area contributed by atoms with Gasteiger partial charge in [-0.1, -0.05) is 37.3 Å². The zero-order valence-electron chi connectivity index (χ0n) is 11.6. The summed E-state index contributed by atoms with van der Waals surface area (Å²) in [6.07, 6.45) is 0. The second-order valence-electron chi connectivity index (χ2n) is 4.49. The highest BCUT2D eigenvalue weighted by molar-refractivity contribution is 5.34. The van der Waals surface area contributed by atoms with Crippen molar-refractivity contribution in [3.63, 3.8) is 0 Å². The van der Waals surface area contributed by atoms with Crippen molar-refractivity contribution in [2.75, 3.05) is 6.54 Å². The van der Waals surface area contributed by atoms with Crippen molar-refractivity contribution in [3.05, 3.63) is 65.2 Å². The average Bonchev–Trinajstić information content (AvgIpc) is 2.52. The number of hydrogen-bond donors (Lipinski definition) is 1. The number of benzene rings is 2. The molecule has 3 nitrogen and oxygen atoms in total. The van der Waals surface area contributed by atoms with E-state index in [1.165, 1.54) is 0 Å². The minimum atomic E-state index is 0.509. The predicted octanol–water partition coefficient (Wildman–Crippen LogP) is 3.25. The number of nitriles is 1. The molecule has 0 amide bonds. The van der Waals surface area contributed by atoms with E-state index >= 15 is 0 Å². The molecule has 2 aromatic rings. The number of nitrogens with one attached hydrogen (secondary N) is 1. The number of hydrogen-bond acceptors (Lipinski definition) is 3. The van der Waals surface area contributed by atoms with Crippen LogP contribution in [0.2, 0.25) is 0 Å². The lowest BCUT2D eigenvalue weighted by molar-refractivity contribution is 0.302. The molecule has 2 aromatic carbocycles. The lowest BCUT2D eigenvalue weighted by Gasteiger charge is -2.11. The van der Waals surface area contributed by atoms with Crippen LogP contribution in [-0.4, -0.2) is 6.54 Å². The van der Waals surface area contributed by atoms with Crippen molar-refractivity contribution in [2.24, 2.45) is 0 Å². The van der Waals surface area contributed by atoms with Crippen LogP contribution in [0.25, 0.3) is 0 Å². The van der Waals surface area contributed by atoms with Gasteiger partial charge in [-0.3, -0.25) is 0 Å². The van der Waals surface area contributed by atoms with E-state index in [-0.39, 0.29) is 0 Å². The SMILES string of the molecule is CCNCc1ccccc1OCc1ccc(C#N)cc1. The van der Waals surface area contributed by atoms with Gasteiger partial charge >= 0.3 is 0 Å². The van der Waals surface area contributed by atoms with Gasteiger partial charge in [-0.2, -0.15) is 5.26 Å². The molecule has 1 N–H and O–H groups in total. The zero-order valence-corrected chi connectivity index (χ0v) is 11.6. The summed E-state index contributed by atoms with van der Waals surface area (Å²) in [5, 5.41) is 12.1. The molecule has 2 rings (SSSR count). The van der Waals surface area contributed by atoms with E-state index in [2.05, 4.69) is 24.4 Å². The fraction of sp³-hybridized carbons (Fsp3) is 0.235. The van der Waals surface area contributed by atoms with Crippen LogP contribution < -0.4 is 10.1 Å². The fourth-order valence-electron chi connectivity index (χ4n) is 1.89. The maximum atomic E-state index is 8.77. The van der Waals surface area contributed by atoms with Gasteiger partial charge in [-0.15, -0.1) is 0 Å². The predicted molar refractivity (Wildman–Crippen MR) is 79.3 cm³/mol. The Balaban J connectivity index is 2.01. The summed E-state index contributed by atoms with van der Waals surface area (Å²) in [7, 11) is 0. The molecule has 0 unspecified atom stereocenters. The first-order chi connectivity index (χ1) is 9.83. The monoisotopic (exact) mass is 266 g/mol. The molecule has 0 saturated heterocycles. The third-order valence-corrected chi connectivity index (χ3v) is 3.02. The van der Waals surface area contributed by atoms with Crippen molar-refractivity contribution < 1.29 is 4.74 Å². The van der Waals surface area contributed by atoms with Crippen molar-refractivity contribution in [2.45, 2.75) is 20.1 Å². The molecule has 0 bridgehead atoms. The van der Waals surface area contributed by atoms with Gasteiger partial charge in [-0.25, -0.2) is 0 Å². The fourth-order valence-corrected chi connectivity index (χ4v) is 1.89. The molecule has 3 heteroatoms. The third kappa shape index (κ3) is 3.84. The highest BCUT2D eigenvalue weighted by atomic mass is 16.5. The molecule has 0 aliphatic heterocycles. The second kappa shape index (κ2) is 7.32. The average molecular weight is 266 g/mol. The van der Waals surface area contributed by atoms with E-state index in [9.17, 15) is 0 Å². The van der Waals surface area contributed by atoms with Crippen LogP contribution in [-0.2, 0) is 13.2 Å². The molecule has 0 aromatic heterocycles. The molecular weight excluding hydrogens is 248 g/mol.